The van der Waals surface area contributed by atoms with Crippen molar-refractivity contribution in [3.8, 4) is 11.5 Å². The second-order valence-corrected chi connectivity index (χ2v) is 7.10. The van der Waals surface area contributed by atoms with Gasteiger partial charge in [-0.15, -0.1) is 0 Å². The van der Waals surface area contributed by atoms with Crippen LogP contribution >= 0.6 is 0 Å². The van der Waals surface area contributed by atoms with Gasteiger partial charge in [0.05, 0.1) is 31.5 Å². The van der Waals surface area contributed by atoms with Crippen LogP contribution in [0.4, 0.5) is 0 Å². The van der Waals surface area contributed by atoms with Crippen molar-refractivity contribution in [3.05, 3.63) is 18.2 Å². The largest absolute Gasteiger partial charge is 0.498 e. The highest BCUT2D eigenvalue weighted by Gasteiger charge is 2.52. The van der Waals surface area contributed by atoms with E-state index in [2.05, 4.69) is 0 Å². The number of rotatable bonds is 4. The minimum atomic E-state index is -0.446. The number of benzene rings is 1. The monoisotopic (exact) mass is 320 g/mol. The van der Waals surface area contributed by atoms with Crippen LogP contribution in [0, 0.1) is 0 Å². The zero-order valence-corrected chi connectivity index (χ0v) is 14.5. The second-order valence-electron chi connectivity index (χ2n) is 7.10. The molecule has 0 radical (unpaired) electrons. The van der Waals surface area contributed by atoms with Gasteiger partial charge in [-0.2, -0.15) is 0 Å². The fourth-order valence-corrected chi connectivity index (χ4v) is 2.73. The fourth-order valence-electron chi connectivity index (χ4n) is 2.73. The Labute approximate surface area is 138 Å². The normalized spacial score (nSPS) is 25.6. The molecule has 0 bridgehead atoms. The van der Waals surface area contributed by atoms with Gasteiger partial charge in [-0.1, -0.05) is 6.07 Å². The molecule has 5 nitrogen and oxygen atoms in total. The van der Waals surface area contributed by atoms with Crippen molar-refractivity contribution in [1.82, 2.24) is 0 Å². The Bertz CT molecular complexity index is 550. The molecule has 0 saturated carbocycles. The van der Waals surface area contributed by atoms with E-state index in [1.165, 1.54) is 0 Å². The molecular formula is C17H25BO5. The topological polar surface area (TPSA) is 46.2 Å². The lowest BCUT2D eigenvalue weighted by Gasteiger charge is -2.32. The Kier molecular flexibility index (Phi) is 4.34. The second kappa shape index (κ2) is 6.00. The summed E-state index contributed by atoms with van der Waals surface area (Å²) in [4.78, 5) is 0. The van der Waals surface area contributed by atoms with E-state index in [0.717, 1.165) is 24.2 Å². The smallest absolute Gasteiger partial charge is 0.497 e. The summed E-state index contributed by atoms with van der Waals surface area (Å²) in [5.41, 5.74) is 0.124. The van der Waals surface area contributed by atoms with Crippen molar-refractivity contribution >= 4 is 12.6 Å². The van der Waals surface area contributed by atoms with E-state index in [4.69, 9.17) is 23.5 Å². The van der Waals surface area contributed by atoms with Crippen LogP contribution in [-0.4, -0.2) is 44.7 Å². The Morgan fingerprint density at radius 2 is 1.83 bits per heavy atom. The van der Waals surface area contributed by atoms with Gasteiger partial charge in [0.15, 0.2) is 0 Å². The summed E-state index contributed by atoms with van der Waals surface area (Å²) < 4.78 is 29.0. The molecule has 2 aliphatic heterocycles. The van der Waals surface area contributed by atoms with Crippen molar-refractivity contribution in [2.45, 2.75) is 51.4 Å². The third-order valence-electron chi connectivity index (χ3n) is 4.90. The quantitative estimate of drug-likeness (QED) is 0.796. The van der Waals surface area contributed by atoms with Crippen LogP contribution in [0.1, 0.15) is 34.1 Å². The molecule has 23 heavy (non-hydrogen) atoms. The maximum atomic E-state index is 6.10. The van der Waals surface area contributed by atoms with E-state index in [0.29, 0.717) is 12.4 Å². The number of methoxy groups -OCH3 is 1. The minimum Gasteiger partial charge on any atom is -0.497 e. The number of hydrogen-bond acceptors (Lipinski definition) is 5. The van der Waals surface area contributed by atoms with Crippen LogP contribution in [0.2, 0.25) is 0 Å². The molecule has 0 amide bonds. The maximum absolute atomic E-state index is 6.10. The van der Waals surface area contributed by atoms with Gasteiger partial charge in [-0.3, -0.25) is 0 Å². The van der Waals surface area contributed by atoms with Crippen LogP contribution in [0.15, 0.2) is 18.2 Å². The maximum Gasteiger partial charge on any atom is 0.498 e. The van der Waals surface area contributed by atoms with Crippen LogP contribution in [0.5, 0.6) is 11.5 Å². The summed E-state index contributed by atoms with van der Waals surface area (Å²) in [6.07, 6.45) is 1.03. The molecule has 0 aliphatic carbocycles. The molecular weight excluding hydrogens is 295 g/mol. The summed E-state index contributed by atoms with van der Waals surface area (Å²) in [7, 11) is 1.20. The highest BCUT2D eigenvalue weighted by atomic mass is 16.7. The predicted octanol–water partition coefficient (Wildman–Crippen LogP) is 2.16. The zero-order chi connectivity index (χ0) is 16.7. The predicted molar refractivity (Wildman–Crippen MR) is 88.6 cm³/mol. The molecule has 0 spiro atoms. The number of ether oxygens (including phenoxy) is 3. The van der Waals surface area contributed by atoms with Gasteiger partial charge in [-0.05, 0) is 33.8 Å². The van der Waals surface area contributed by atoms with Crippen molar-refractivity contribution in [2.24, 2.45) is 0 Å². The standard InChI is InChI=1S/C17H25BO5/c1-16(2)17(3,4)23-18(22-16)14-7-6-12(10-15(14)19-5)21-13-8-9-20-11-13/h6-7,10,13H,8-9,11H2,1-5H3/t13-/m1/s1. The lowest BCUT2D eigenvalue weighted by Crippen LogP contribution is -2.41. The van der Waals surface area contributed by atoms with Crippen LogP contribution in [0.3, 0.4) is 0 Å². The minimum absolute atomic E-state index is 0.113. The van der Waals surface area contributed by atoms with Crippen molar-refractivity contribution < 1.29 is 23.5 Å². The summed E-state index contributed by atoms with van der Waals surface area (Å²) in [5.74, 6) is 1.48. The first kappa shape index (κ1) is 16.6. The fraction of sp³-hybridized carbons (Fsp3) is 0.647. The van der Waals surface area contributed by atoms with Crippen LogP contribution < -0.4 is 14.9 Å². The average Bonchev–Trinajstić information content (AvgIpc) is 3.05. The van der Waals surface area contributed by atoms with Gasteiger partial charge in [0, 0.05) is 17.9 Å². The lowest BCUT2D eigenvalue weighted by molar-refractivity contribution is 0.00578. The molecule has 126 valence electrons. The molecule has 0 N–H and O–H groups in total. The van der Waals surface area contributed by atoms with E-state index in [1.54, 1.807) is 7.11 Å². The van der Waals surface area contributed by atoms with E-state index in [-0.39, 0.29) is 17.3 Å². The Hall–Kier alpha value is -1.24. The third kappa shape index (κ3) is 3.20. The molecule has 6 heteroatoms. The van der Waals surface area contributed by atoms with Crippen molar-refractivity contribution in [2.75, 3.05) is 20.3 Å². The highest BCUT2D eigenvalue weighted by molar-refractivity contribution is 6.63. The molecule has 0 unspecified atom stereocenters. The molecule has 0 aromatic heterocycles. The number of hydrogen-bond donors (Lipinski definition) is 0. The Morgan fingerprint density at radius 3 is 2.39 bits per heavy atom. The van der Waals surface area contributed by atoms with E-state index < -0.39 is 7.12 Å². The van der Waals surface area contributed by atoms with Gasteiger partial charge >= 0.3 is 7.12 Å². The van der Waals surface area contributed by atoms with E-state index in [9.17, 15) is 0 Å². The molecule has 3 rings (SSSR count). The SMILES string of the molecule is COc1cc(O[C@@H]2CCOC2)ccc1B1OC(C)(C)C(C)(C)O1. The Morgan fingerprint density at radius 1 is 1.13 bits per heavy atom. The first-order valence-corrected chi connectivity index (χ1v) is 8.10. The zero-order valence-electron chi connectivity index (χ0n) is 14.5. The molecule has 2 saturated heterocycles. The highest BCUT2D eigenvalue weighted by Crippen LogP contribution is 2.37. The molecule has 2 aliphatic rings. The third-order valence-corrected chi connectivity index (χ3v) is 4.90. The van der Waals surface area contributed by atoms with E-state index >= 15 is 0 Å². The van der Waals surface area contributed by atoms with E-state index in [1.807, 2.05) is 45.9 Å². The summed E-state index contributed by atoms with van der Waals surface area (Å²) in [6.45, 7) is 9.55. The van der Waals surface area contributed by atoms with Gasteiger partial charge in [-0.25, -0.2) is 0 Å². The summed E-state index contributed by atoms with van der Waals surface area (Å²) >= 11 is 0. The van der Waals surface area contributed by atoms with Crippen molar-refractivity contribution in [3.63, 3.8) is 0 Å². The molecule has 2 heterocycles. The first-order valence-electron chi connectivity index (χ1n) is 8.10. The Balaban J connectivity index is 1.80. The van der Waals surface area contributed by atoms with Crippen molar-refractivity contribution in [1.29, 1.82) is 0 Å². The summed E-state index contributed by atoms with van der Waals surface area (Å²) in [6, 6.07) is 5.77. The lowest BCUT2D eigenvalue weighted by atomic mass is 9.78. The van der Waals surface area contributed by atoms with Gasteiger partial charge in [0.1, 0.15) is 17.6 Å². The summed E-state index contributed by atoms with van der Waals surface area (Å²) in [5, 5.41) is 0. The van der Waals surface area contributed by atoms with Crippen LogP contribution in [0.25, 0.3) is 0 Å². The van der Waals surface area contributed by atoms with Gasteiger partial charge in [0.2, 0.25) is 0 Å². The molecule has 2 fully saturated rings. The first-order chi connectivity index (χ1) is 10.8. The van der Waals surface area contributed by atoms with Crippen LogP contribution in [-0.2, 0) is 14.0 Å². The van der Waals surface area contributed by atoms with Gasteiger partial charge < -0.3 is 23.5 Å². The molecule has 1 atom stereocenters. The average molecular weight is 320 g/mol. The van der Waals surface area contributed by atoms with Gasteiger partial charge in [0.25, 0.3) is 0 Å². The molecule has 1 aromatic rings. The molecule has 1 aromatic carbocycles.